The average Bonchev–Trinajstić information content (AvgIpc) is 2.99. The smallest absolute Gasteiger partial charge is 0.251 e. The summed E-state index contributed by atoms with van der Waals surface area (Å²) in [6, 6.07) is 7.41. The van der Waals surface area contributed by atoms with Gasteiger partial charge in [0.15, 0.2) is 0 Å². The highest BCUT2D eigenvalue weighted by Gasteiger charge is 2.26. The number of benzene rings is 1. The number of carbonyl (C=O) groups excluding carboxylic acids is 1. The lowest BCUT2D eigenvalue weighted by Gasteiger charge is -2.31. The Morgan fingerprint density at radius 3 is 2.30 bits per heavy atom. The molecule has 126 valence electrons. The maximum atomic E-state index is 12.4. The minimum Gasteiger partial charge on any atom is -0.345 e. The number of rotatable bonds is 6. The third-order valence-corrected chi connectivity index (χ3v) is 4.23. The molecule has 0 spiro atoms. The molecule has 2 aromatic rings. The zero-order valence-electron chi connectivity index (χ0n) is 13.9. The van der Waals surface area contributed by atoms with Gasteiger partial charge in [0.05, 0.1) is 17.4 Å². The van der Waals surface area contributed by atoms with Crippen molar-refractivity contribution in [2.24, 2.45) is 5.73 Å². The molecule has 2 rings (SSSR count). The minimum atomic E-state index is -0.325. The maximum Gasteiger partial charge on any atom is 0.251 e. The van der Waals surface area contributed by atoms with Crippen LogP contribution in [0.3, 0.4) is 0 Å². The molecule has 1 aromatic carbocycles. The molecule has 0 fully saturated rings. The second-order valence-electron chi connectivity index (χ2n) is 5.65. The molecular weight excluding hydrogens is 312 g/mol. The first-order chi connectivity index (χ1) is 10.5. The summed E-state index contributed by atoms with van der Waals surface area (Å²) in [4.78, 5) is 12.4. The summed E-state index contributed by atoms with van der Waals surface area (Å²) in [5.41, 5.74) is 8.17. The van der Waals surface area contributed by atoms with Crippen molar-refractivity contribution in [3.8, 4) is 5.69 Å². The van der Waals surface area contributed by atoms with Crippen LogP contribution in [0.1, 0.15) is 42.6 Å². The Hall–Kier alpha value is -1.85. The normalized spacial score (nSPS) is 11.0. The van der Waals surface area contributed by atoms with Crippen LogP contribution in [0.5, 0.6) is 0 Å². The molecule has 3 N–H and O–H groups in total. The van der Waals surface area contributed by atoms with Gasteiger partial charge in [-0.3, -0.25) is 4.79 Å². The van der Waals surface area contributed by atoms with Crippen molar-refractivity contribution in [3.63, 3.8) is 0 Å². The lowest BCUT2D eigenvalue weighted by atomic mass is 9.92. The summed E-state index contributed by atoms with van der Waals surface area (Å²) in [6.45, 7) is 6.52. The Labute approximate surface area is 143 Å². The number of hydrogen-bond donors (Lipinski definition) is 2. The average molecular weight is 337 g/mol. The third-order valence-electron chi connectivity index (χ3n) is 4.23. The second kappa shape index (κ2) is 8.13. The van der Waals surface area contributed by atoms with Gasteiger partial charge in [-0.2, -0.15) is 5.10 Å². The first-order valence-electron chi connectivity index (χ1n) is 7.68. The molecule has 1 aromatic heterocycles. The van der Waals surface area contributed by atoms with Crippen molar-refractivity contribution < 1.29 is 4.79 Å². The fraction of sp³-hybridized carbons (Fsp3) is 0.412. The molecule has 5 nitrogen and oxygen atoms in total. The van der Waals surface area contributed by atoms with Crippen LogP contribution in [0.25, 0.3) is 5.69 Å². The summed E-state index contributed by atoms with van der Waals surface area (Å²) in [5.74, 6) is -0.0858. The number of hydrogen-bond acceptors (Lipinski definition) is 3. The van der Waals surface area contributed by atoms with Crippen molar-refractivity contribution in [3.05, 3.63) is 47.8 Å². The minimum absolute atomic E-state index is 0. The molecular formula is C17H25ClN4O. The molecule has 0 aliphatic heterocycles. The van der Waals surface area contributed by atoms with Gasteiger partial charge in [0, 0.05) is 18.3 Å². The van der Waals surface area contributed by atoms with Gasteiger partial charge in [0.25, 0.3) is 5.91 Å². The van der Waals surface area contributed by atoms with E-state index >= 15 is 0 Å². The van der Waals surface area contributed by atoms with Gasteiger partial charge in [-0.25, -0.2) is 4.68 Å². The Morgan fingerprint density at radius 1 is 1.26 bits per heavy atom. The van der Waals surface area contributed by atoms with E-state index in [4.69, 9.17) is 5.73 Å². The van der Waals surface area contributed by atoms with Gasteiger partial charge in [0.2, 0.25) is 0 Å². The summed E-state index contributed by atoms with van der Waals surface area (Å²) in [7, 11) is 0. The van der Waals surface area contributed by atoms with Crippen LogP contribution >= 0.6 is 12.4 Å². The predicted octanol–water partition coefficient (Wildman–Crippen LogP) is 2.85. The summed E-state index contributed by atoms with van der Waals surface area (Å²) < 4.78 is 1.79. The Balaban J connectivity index is 0.00000264. The van der Waals surface area contributed by atoms with Crippen molar-refractivity contribution in [1.82, 2.24) is 15.1 Å². The first-order valence-corrected chi connectivity index (χ1v) is 7.68. The highest BCUT2D eigenvalue weighted by molar-refractivity contribution is 5.94. The molecule has 1 amide bonds. The molecule has 0 bridgehead atoms. The number of aryl methyl sites for hydroxylation is 1. The standard InChI is InChI=1S/C17H24N4O.ClH/c1-4-17(5-2,12-18)20-16(22)14-6-8-15(9-7-14)21-11-13(3)10-19-21;/h6-11H,4-5,12,18H2,1-3H3,(H,20,22);1H. The largest absolute Gasteiger partial charge is 0.345 e. The molecule has 0 atom stereocenters. The summed E-state index contributed by atoms with van der Waals surface area (Å²) >= 11 is 0. The number of carbonyl (C=O) groups is 1. The zero-order chi connectivity index (χ0) is 16.2. The first kappa shape index (κ1) is 19.2. The van der Waals surface area contributed by atoms with Crippen LogP contribution in [0.4, 0.5) is 0 Å². The van der Waals surface area contributed by atoms with E-state index in [1.54, 1.807) is 10.9 Å². The monoisotopic (exact) mass is 336 g/mol. The van der Waals surface area contributed by atoms with Gasteiger partial charge in [-0.05, 0) is 49.6 Å². The van der Waals surface area contributed by atoms with Gasteiger partial charge < -0.3 is 11.1 Å². The molecule has 0 saturated heterocycles. The fourth-order valence-corrected chi connectivity index (χ4v) is 2.40. The number of halogens is 1. The Bertz CT molecular complexity index is 624. The van der Waals surface area contributed by atoms with Crippen molar-refractivity contribution in [1.29, 1.82) is 0 Å². The van der Waals surface area contributed by atoms with Gasteiger partial charge in [0.1, 0.15) is 0 Å². The van der Waals surface area contributed by atoms with E-state index < -0.39 is 0 Å². The molecule has 0 unspecified atom stereocenters. The SMILES string of the molecule is CCC(CC)(CN)NC(=O)c1ccc(-n2cc(C)cn2)cc1.Cl. The van der Waals surface area contributed by atoms with Gasteiger partial charge in [-0.1, -0.05) is 13.8 Å². The lowest BCUT2D eigenvalue weighted by Crippen LogP contribution is -2.52. The van der Waals surface area contributed by atoms with E-state index in [0.29, 0.717) is 12.1 Å². The lowest BCUT2D eigenvalue weighted by molar-refractivity contribution is 0.0895. The summed E-state index contributed by atoms with van der Waals surface area (Å²) in [6.07, 6.45) is 5.38. The molecule has 0 radical (unpaired) electrons. The van der Waals surface area contributed by atoms with Gasteiger partial charge >= 0.3 is 0 Å². The Kier molecular flexibility index (Phi) is 6.79. The van der Waals surface area contributed by atoms with Crippen LogP contribution in [0, 0.1) is 6.92 Å². The number of nitrogens with two attached hydrogens (primary N) is 1. The molecule has 0 saturated carbocycles. The van der Waals surface area contributed by atoms with Crippen LogP contribution in [0.15, 0.2) is 36.7 Å². The van der Waals surface area contributed by atoms with Crippen molar-refractivity contribution in [2.75, 3.05) is 6.54 Å². The molecule has 0 aliphatic carbocycles. The highest BCUT2D eigenvalue weighted by atomic mass is 35.5. The quantitative estimate of drug-likeness (QED) is 0.852. The summed E-state index contributed by atoms with van der Waals surface area (Å²) in [5, 5.41) is 7.33. The van der Waals surface area contributed by atoms with E-state index in [0.717, 1.165) is 24.1 Å². The van der Waals surface area contributed by atoms with Crippen molar-refractivity contribution >= 4 is 18.3 Å². The molecule has 6 heteroatoms. The Morgan fingerprint density at radius 2 is 1.87 bits per heavy atom. The number of aromatic nitrogens is 2. The second-order valence-corrected chi connectivity index (χ2v) is 5.65. The van der Waals surface area contributed by atoms with Crippen LogP contribution in [-0.2, 0) is 0 Å². The zero-order valence-corrected chi connectivity index (χ0v) is 14.7. The predicted molar refractivity (Wildman–Crippen MR) is 95.4 cm³/mol. The van der Waals surface area contributed by atoms with E-state index in [-0.39, 0.29) is 23.9 Å². The van der Waals surface area contributed by atoms with Crippen molar-refractivity contribution in [2.45, 2.75) is 39.2 Å². The number of amides is 1. The van der Waals surface area contributed by atoms with E-state index in [1.165, 1.54) is 0 Å². The van der Waals surface area contributed by atoms with Crippen LogP contribution in [0.2, 0.25) is 0 Å². The third kappa shape index (κ3) is 4.33. The van der Waals surface area contributed by atoms with Gasteiger partial charge in [-0.15, -0.1) is 12.4 Å². The topological polar surface area (TPSA) is 72.9 Å². The maximum absolute atomic E-state index is 12.4. The number of nitrogens with zero attached hydrogens (tertiary/aromatic N) is 2. The van der Waals surface area contributed by atoms with E-state index in [1.807, 2.05) is 51.2 Å². The molecule has 0 aliphatic rings. The van der Waals surface area contributed by atoms with E-state index in [9.17, 15) is 4.79 Å². The fourth-order valence-electron chi connectivity index (χ4n) is 2.40. The van der Waals surface area contributed by atoms with E-state index in [2.05, 4.69) is 10.4 Å². The highest BCUT2D eigenvalue weighted by Crippen LogP contribution is 2.15. The van der Waals surface area contributed by atoms with Crippen LogP contribution < -0.4 is 11.1 Å². The molecule has 23 heavy (non-hydrogen) atoms. The molecule has 1 heterocycles. The number of nitrogens with one attached hydrogen (secondary N) is 1. The van der Waals surface area contributed by atoms with Crippen LogP contribution in [-0.4, -0.2) is 27.8 Å².